The molecule has 12 nitrogen and oxygen atoms in total. The van der Waals surface area contributed by atoms with Crippen molar-refractivity contribution in [1.82, 2.24) is 25.5 Å². The van der Waals surface area contributed by atoms with Crippen LogP contribution in [0.2, 0.25) is 0 Å². The Hall–Kier alpha value is -3.52. The number of nitrogens with one attached hydrogen (secondary N) is 3. The average molecular weight is 479 g/mol. The van der Waals surface area contributed by atoms with E-state index < -0.39 is 28.3 Å². The molecule has 1 atom stereocenters. The molecule has 0 bridgehead atoms. The second-order valence-corrected chi connectivity index (χ2v) is 7.98. The summed E-state index contributed by atoms with van der Waals surface area (Å²) < 4.78 is 12.1. The third-order valence-electron chi connectivity index (χ3n) is 4.03. The maximum Gasteiger partial charge on any atom is 0.312 e. The molecular weight excluding hydrogens is 460 g/mol. The first-order valence-corrected chi connectivity index (χ1v) is 10.4. The van der Waals surface area contributed by atoms with Crippen LogP contribution in [-0.4, -0.2) is 56.4 Å². The van der Waals surface area contributed by atoms with Crippen molar-refractivity contribution in [2.24, 2.45) is 5.10 Å². The fourth-order valence-electron chi connectivity index (χ4n) is 2.63. The van der Waals surface area contributed by atoms with E-state index in [1.54, 1.807) is 19.1 Å². The van der Waals surface area contributed by atoms with Gasteiger partial charge in [-0.25, -0.2) is 10.4 Å². The molecule has 3 rings (SSSR count). The summed E-state index contributed by atoms with van der Waals surface area (Å²) in [5.74, 6) is -0.650. The smallest absolute Gasteiger partial charge is 0.312 e. The van der Waals surface area contributed by atoms with E-state index >= 15 is 0 Å². The van der Waals surface area contributed by atoms with Gasteiger partial charge in [0.1, 0.15) is 17.6 Å². The Morgan fingerprint density at radius 1 is 1.38 bits per heavy atom. The van der Waals surface area contributed by atoms with Crippen LogP contribution in [0.15, 0.2) is 23.3 Å². The van der Waals surface area contributed by atoms with E-state index in [9.17, 15) is 19.2 Å². The molecule has 1 saturated heterocycles. The number of carbonyl (C=O) groups excluding carboxylic acids is 4. The Labute approximate surface area is 190 Å². The number of aromatic nitrogens is 3. The van der Waals surface area contributed by atoms with Gasteiger partial charge in [0.15, 0.2) is 11.5 Å². The second kappa shape index (κ2) is 10.2. The van der Waals surface area contributed by atoms with Crippen molar-refractivity contribution >= 4 is 53.2 Å². The normalized spacial score (nSPS) is 15.6. The van der Waals surface area contributed by atoms with E-state index in [1.165, 1.54) is 24.1 Å². The van der Waals surface area contributed by atoms with Crippen LogP contribution in [0.1, 0.15) is 17.8 Å². The molecule has 3 N–H and O–H groups in total. The van der Waals surface area contributed by atoms with Gasteiger partial charge in [0, 0.05) is 0 Å². The first-order valence-electron chi connectivity index (χ1n) is 9.10. The number of carbonyl (C=O) groups is 4. The number of aryl methyl sites for hydroxylation is 1. The van der Waals surface area contributed by atoms with Crippen LogP contribution in [0, 0.1) is 11.7 Å². The predicted octanol–water partition coefficient (Wildman–Crippen LogP) is 1.06. The lowest BCUT2D eigenvalue weighted by atomic mass is 10.2. The summed E-state index contributed by atoms with van der Waals surface area (Å²) in [5.41, 5.74) is 2.93. The van der Waals surface area contributed by atoms with Crippen LogP contribution in [0.25, 0.3) is 0 Å². The maximum absolute atomic E-state index is 12.1. The van der Waals surface area contributed by atoms with Gasteiger partial charge < -0.3 is 9.47 Å². The zero-order valence-corrected chi connectivity index (χ0v) is 18.5. The van der Waals surface area contributed by atoms with Gasteiger partial charge in [0.05, 0.1) is 19.7 Å². The standard InChI is InChI=1S/C18H18N6O6S2/c1-9-20-17(31)24(23-9)8-14(25)22-19-7-10-3-4-11(12(5-10)29-2)30-15(26)6-13-16(27)21-18(28)32-13/h3-5,7,13H,6,8H2,1-2H3,(H,22,25)(H,20,23,31)(H,21,27,28)/b19-7+/t13-/m0/s1. The number of benzene rings is 1. The fourth-order valence-corrected chi connectivity index (χ4v) is 3.68. The number of hydrazone groups is 1. The molecule has 168 valence electrons. The molecule has 0 spiro atoms. The summed E-state index contributed by atoms with van der Waals surface area (Å²) in [4.78, 5) is 50.8. The molecule has 1 aromatic carbocycles. The van der Waals surface area contributed by atoms with Gasteiger partial charge in [-0.15, -0.1) is 0 Å². The molecule has 0 saturated carbocycles. The van der Waals surface area contributed by atoms with Crippen LogP contribution >= 0.6 is 24.0 Å². The average Bonchev–Trinajstić information content (AvgIpc) is 3.21. The Balaban J connectivity index is 1.57. The van der Waals surface area contributed by atoms with Crippen molar-refractivity contribution < 1.29 is 28.7 Å². The monoisotopic (exact) mass is 478 g/mol. The number of rotatable bonds is 8. The zero-order valence-electron chi connectivity index (χ0n) is 16.9. The van der Waals surface area contributed by atoms with Gasteiger partial charge in [0.2, 0.25) is 10.7 Å². The summed E-state index contributed by atoms with van der Waals surface area (Å²) in [6.07, 6.45) is 1.12. The van der Waals surface area contributed by atoms with Crippen LogP contribution in [0.3, 0.4) is 0 Å². The molecule has 2 aromatic rings. The van der Waals surface area contributed by atoms with E-state index in [0.29, 0.717) is 11.4 Å². The number of esters is 1. The van der Waals surface area contributed by atoms with Gasteiger partial charge in [-0.05, 0) is 42.9 Å². The fraction of sp³-hybridized carbons (Fsp3) is 0.278. The summed E-state index contributed by atoms with van der Waals surface area (Å²) >= 11 is 5.76. The Morgan fingerprint density at radius 3 is 2.78 bits per heavy atom. The lowest BCUT2D eigenvalue weighted by molar-refractivity contribution is -0.136. The predicted molar refractivity (Wildman–Crippen MR) is 116 cm³/mol. The summed E-state index contributed by atoms with van der Waals surface area (Å²) in [5, 5.41) is 7.50. The molecule has 2 heterocycles. The van der Waals surface area contributed by atoms with Crippen molar-refractivity contribution in [2.75, 3.05) is 7.11 Å². The lowest BCUT2D eigenvalue weighted by Gasteiger charge is -2.10. The molecule has 0 radical (unpaired) electrons. The number of methoxy groups -OCH3 is 1. The number of aromatic amines is 1. The summed E-state index contributed by atoms with van der Waals surface area (Å²) in [7, 11) is 1.39. The van der Waals surface area contributed by atoms with Crippen molar-refractivity contribution in [3.8, 4) is 11.5 Å². The Kier molecular flexibility index (Phi) is 7.37. The summed E-state index contributed by atoms with van der Waals surface area (Å²) in [6, 6.07) is 4.63. The van der Waals surface area contributed by atoms with Gasteiger partial charge in [-0.2, -0.15) is 5.10 Å². The van der Waals surface area contributed by atoms with E-state index in [1.807, 2.05) is 0 Å². The van der Waals surface area contributed by atoms with E-state index in [4.69, 9.17) is 21.7 Å². The topological polar surface area (TPSA) is 157 Å². The molecule has 3 amide bonds. The van der Waals surface area contributed by atoms with E-state index in [2.05, 4.69) is 25.9 Å². The Bertz CT molecular complexity index is 1160. The van der Waals surface area contributed by atoms with Gasteiger partial charge in [0.25, 0.3) is 11.1 Å². The molecule has 1 aliphatic rings. The van der Waals surface area contributed by atoms with Crippen LogP contribution in [-0.2, 0) is 20.9 Å². The number of H-pyrrole nitrogens is 1. The lowest BCUT2D eigenvalue weighted by Crippen LogP contribution is -2.27. The molecule has 1 aliphatic heterocycles. The summed E-state index contributed by atoms with van der Waals surface area (Å²) in [6.45, 7) is 1.65. The SMILES string of the molecule is COc1cc(/C=N/NC(=O)Cn2[nH]c(C)nc2=S)ccc1OC(=O)C[C@@H]1SC(=O)NC1=O. The van der Waals surface area contributed by atoms with Crippen molar-refractivity contribution in [3.63, 3.8) is 0 Å². The number of nitrogens with zero attached hydrogens (tertiary/aromatic N) is 3. The highest BCUT2D eigenvalue weighted by Gasteiger charge is 2.34. The van der Waals surface area contributed by atoms with Crippen LogP contribution in [0.5, 0.6) is 11.5 Å². The highest BCUT2D eigenvalue weighted by atomic mass is 32.2. The quantitative estimate of drug-likeness (QED) is 0.166. The van der Waals surface area contributed by atoms with Crippen LogP contribution in [0.4, 0.5) is 4.79 Å². The molecule has 0 unspecified atom stereocenters. The van der Waals surface area contributed by atoms with Crippen molar-refractivity contribution in [3.05, 3.63) is 34.4 Å². The molecular formula is C18H18N6O6S2. The third-order valence-corrected chi connectivity index (χ3v) is 5.32. The minimum absolute atomic E-state index is 0.0713. The van der Waals surface area contributed by atoms with Gasteiger partial charge in [-0.1, -0.05) is 11.8 Å². The maximum atomic E-state index is 12.1. The Morgan fingerprint density at radius 2 is 2.16 bits per heavy atom. The van der Waals surface area contributed by atoms with E-state index in [-0.39, 0.29) is 29.2 Å². The molecule has 32 heavy (non-hydrogen) atoms. The highest BCUT2D eigenvalue weighted by Crippen LogP contribution is 2.29. The highest BCUT2D eigenvalue weighted by molar-refractivity contribution is 8.15. The van der Waals surface area contributed by atoms with Crippen molar-refractivity contribution in [1.29, 1.82) is 0 Å². The largest absolute Gasteiger partial charge is 0.493 e. The first-order chi connectivity index (χ1) is 15.2. The third kappa shape index (κ3) is 6.01. The van der Waals surface area contributed by atoms with E-state index in [0.717, 1.165) is 11.8 Å². The minimum Gasteiger partial charge on any atom is -0.493 e. The molecule has 1 aromatic heterocycles. The molecule has 0 aliphatic carbocycles. The van der Waals surface area contributed by atoms with Gasteiger partial charge >= 0.3 is 5.97 Å². The number of amides is 3. The zero-order chi connectivity index (χ0) is 23.3. The molecule has 14 heteroatoms. The number of thioether (sulfide) groups is 1. The minimum atomic E-state index is -0.823. The number of ether oxygens (including phenoxy) is 2. The van der Waals surface area contributed by atoms with Gasteiger partial charge in [-0.3, -0.25) is 34.3 Å². The first kappa shape index (κ1) is 23.1. The number of imide groups is 1. The van der Waals surface area contributed by atoms with Crippen LogP contribution < -0.4 is 20.2 Å². The second-order valence-electron chi connectivity index (χ2n) is 6.44. The number of hydrogen-bond donors (Lipinski definition) is 3. The van der Waals surface area contributed by atoms with Crippen molar-refractivity contribution in [2.45, 2.75) is 25.1 Å². The molecule has 1 fully saturated rings. The number of hydrogen-bond acceptors (Lipinski definition) is 10.